The van der Waals surface area contributed by atoms with Crippen molar-refractivity contribution in [2.75, 3.05) is 4.90 Å². The average Bonchev–Trinajstić information content (AvgIpc) is 3.01. The molecule has 1 aliphatic rings. The summed E-state index contributed by atoms with van der Waals surface area (Å²) in [5.74, 6) is 0.822. The minimum Gasteiger partial charge on any atom is -0.506 e. The van der Waals surface area contributed by atoms with Gasteiger partial charge in [-0.1, -0.05) is 86.1 Å². The molecule has 0 amide bonds. The summed E-state index contributed by atoms with van der Waals surface area (Å²) in [6.45, 7) is 4.45. The van der Waals surface area contributed by atoms with Crippen LogP contribution in [-0.4, -0.2) is 15.1 Å². The van der Waals surface area contributed by atoms with Gasteiger partial charge in [-0.3, -0.25) is 4.98 Å². The molecule has 0 aliphatic carbocycles. The van der Waals surface area contributed by atoms with Gasteiger partial charge in [-0.2, -0.15) is 5.26 Å². The van der Waals surface area contributed by atoms with E-state index in [0.717, 1.165) is 39.4 Å². The number of para-hydroxylation sites is 2. The molecule has 0 unspecified atom stereocenters. The monoisotopic (exact) mass is 724 g/mol. The number of anilines is 3. The molecule has 0 bridgehead atoms. The first-order valence-electron chi connectivity index (χ1n) is 13.5. The van der Waals surface area contributed by atoms with Gasteiger partial charge in [0.2, 0.25) is 0 Å². The number of aromatic hydroxyl groups is 1. The maximum absolute atomic E-state index is 10.5. The number of phenols is 1. The molecule has 0 radical (unpaired) electrons. The number of aromatic nitrogens is 2. The summed E-state index contributed by atoms with van der Waals surface area (Å²) in [7, 11) is 0. The van der Waals surface area contributed by atoms with Gasteiger partial charge in [0, 0.05) is 38.3 Å². The van der Waals surface area contributed by atoms with Gasteiger partial charge < -0.3 is 10.0 Å². The number of benzene rings is 4. The number of hydrogen-bond donors (Lipinski definition) is 1. The Morgan fingerprint density at radius 3 is 2.43 bits per heavy atom. The van der Waals surface area contributed by atoms with E-state index >= 15 is 0 Å². The van der Waals surface area contributed by atoms with Crippen LogP contribution >= 0.6 is 0 Å². The van der Waals surface area contributed by atoms with E-state index in [1.165, 1.54) is 5.56 Å². The van der Waals surface area contributed by atoms with E-state index in [2.05, 4.69) is 73.3 Å². The van der Waals surface area contributed by atoms with Crippen molar-refractivity contribution in [1.82, 2.24) is 9.97 Å². The molecule has 7 rings (SSSR count). The number of hydrogen-bond acceptors (Lipinski definition) is 5. The third-order valence-electron chi connectivity index (χ3n) is 7.94. The van der Waals surface area contributed by atoms with Gasteiger partial charge in [0.25, 0.3) is 0 Å². The zero-order valence-corrected chi connectivity index (χ0v) is 25.2. The van der Waals surface area contributed by atoms with Crippen molar-refractivity contribution in [1.29, 1.82) is 5.26 Å². The van der Waals surface area contributed by atoms with Gasteiger partial charge in [-0.25, -0.2) is 4.98 Å². The van der Waals surface area contributed by atoms with Crippen LogP contribution < -0.4 is 4.90 Å². The van der Waals surface area contributed by atoms with Crippen molar-refractivity contribution in [2.45, 2.75) is 19.3 Å². The van der Waals surface area contributed by atoms with Crippen LogP contribution in [0.4, 0.5) is 17.2 Å². The van der Waals surface area contributed by atoms with Gasteiger partial charge in [0.1, 0.15) is 17.1 Å². The van der Waals surface area contributed by atoms with Crippen LogP contribution in [0.3, 0.4) is 0 Å². The van der Waals surface area contributed by atoms with Crippen molar-refractivity contribution in [3.05, 3.63) is 132 Å². The van der Waals surface area contributed by atoms with Crippen LogP contribution in [0.15, 0.2) is 109 Å². The summed E-state index contributed by atoms with van der Waals surface area (Å²) in [5.41, 5.74) is 8.26. The van der Waals surface area contributed by atoms with E-state index < -0.39 is 0 Å². The maximum Gasteiger partial charge on any atom is 0.140 e. The minimum absolute atomic E-state index is 0. The Bertz CT molecular complexity index is 2010. The van der Waals surface area contributed by atoms with Crippen molar-refractivity contribution in [2.24, 2.45) is 0 Å². The van der Waals surface area contributed by atoms with Crippen LogP contribution in [0.5, 0.6) is 5.75 Å². The van der Waals surface area contributed by atoms with Gasteiger partial charge in [-0.05, 0) is 57.8 Å². The number of fused-ring (bicyclic) bond motifs is 3. The van der Waals surface area contributed by atoms with Crippen molar-refractivity contribution >= 4 is 28.1 Å². The molecule has 0 fully saturated rings. The second-order valence-corrected chi connectivity index (χ2v) is 10.7. The van der Waals surface area contributed by atoms with Crippen LogP contribution in [0, 0.1) is 17.4 Å². The van der Waals surface area contributed by atoms with Crippen molar-refractivity contribution in [3.8, 4) is 34.2 Å². The first-order chi connectivity index (χ1) is 20.0. The molecule has 0 spiro atoms. The molecule has 3 heterocycles. The Morgan fingerprint density at radius 2 is 1.62 bits per heavy atom. The van der Waals surface area contributed by atoms with E-state index in [4.69, 9.17) is 9.97 Å². The fourth-order valence-electron chi connectivity index (χ4n) is 5.83. The summed E-state index contributed by atoms with van der Waals surface area (Å²) < 4.78 is 0. The predicted molar refractivity (Wildman–Crippen MR) is 162 cm³/mol. The molecule has 0 saturated heterocycles. The first kappa shape index (κ1) is 27.4. The number of phenolic OH excluding ortho intramolecular Hbond substituents is 1. The zero-order valence-electron chi connectivity index (χ0n) is 22.9. The molecule has 42 heavy (non-hydrogen) atoms. The van der Waals surface area contributed by atoms with Crippen molar-refractivity contribution in [3.63, 3.8) is 0 Å². The molecule has 5 nitrogen and oxygen atoms in total. The minimum atomic E-state index is -0.290. The standard InChI is InChI=1S/C36H25N4O.Pt/c1-36(2)28-12-6-7-13-31(28)40(34-21-24(17-18-38-34)23-9-4-3-5-10-23)32-20-25(15-16-29(32)36)30-19-26(22-37)27-11-8-14-33(41)35(27)39-30;/h3-19,21,41H,1-2H3;/q-1;. The van der Waals surface area contributed by atoms with E-state index in [1.807, 2.05) is 42.6 Å². The number of nitriles is 1. The molecule has 1 N–H and O–H groups in total. The second-order valence-electron chi connectivity index (χ2n) is 10.7. The summed E-state index contributed by atoms with van der Waals surface area (Å²) >= 11 is 0. The third-order valence-corrected chi connectivity index (χ3v) is 7.94. The summed E-state index contributed by atoms with van der Waals surface area (Å²) in [5, 5.41) is 21.1. The summed E-state index contributed by atoms with van der Waals surface area (Å²) in [4.78, 5) is 11.8. The van der Waals surface area contributed by atoms with Crippen molar-refractivity contribution < 1.29 is 26.2 Å². The Kier molecular flexibility index (Phi) is 6.89. The molecule has 6 heteroatoms. The number of nitrogens with zero attached hydrogens (tertiary/aromatic N) is 4. The Labute approximate surface area is 259 Å². The summed E-state index contributed by atoms with van der Waals surface area (Å²) in [6.07, 6.45) is 1.84. The SMILES string of the molecule is CC1(C)c2ccc(-c3cc(C#N)c4cccc(O)c4n3)[c-]c2N(c2cc(-c3ccccc3)ccn2)c2ccccc21.[Pt]. The van der Waals surface area contributed by atoms with E-state index in [9.17, 15) is 10.4 Å². The topological polar surface area (TPSA) is 73.0 Å². The Morgan fingerprint density at radius 1 is 0.833 bits per heavy atom. The quantitative estimate of drug-likeness (QED) is 0.186. The molecule has 6 aromatic rings. The first-order valence-corrected chi connectivity index (χ1v) is 13.5. The van der Waals surface area contributed by atoms with E-state index in [1.54, 1.807) is 24.3 Å². The van der Waals surface area contributed by atoms with Gasteiger partial charge in [0.05, 0.1) is 11.6 Å². The van der Waals surface area contributed by atoms with E-state index in [-0.39, 0.29) is 32.2 Å². The normalized spacial score (nSPS) is 13.0. The summed E-state index contributed by atoms with van der Waals surface area (Å²) in [6, 6.07) is 39.7. The third kappa shape index (κ3) is 4.36. The van der Waals surface area contributed by atoms with Crippen LogP contribution in [0.25, 0.3) is 33.3 Å². The van der Waals surface area contributed by atoms with Gasteiger partial charge >= 0.3 is 0 Å². The molecule has 2 aromatic heterocycles. The Hall–Kier alpha value is -4.78. The number of pyridine rings is 2. The van der Waals surface area contributed by atoms with Crippen LogP contribution in [0.1, 0.15) is 30.5 Å². The number of rotatable bonds is 3. The predicted octanol–water partition coefficient (Wildman–Crippen LogP) is 8.45. The molecule has 1 aliphatic heterocycles. The molecule has 206 valence electrons. The van der Waals surface area contributed by atoms with E-state index in [0.29, 0.717) is 22.2 Å². The average molecular weight is 725 g/mol. The van der Waals surface area contributed by atoms with Crippen LogP contribution in [0.2, 0.25) is 0 Å². The molecular weight excluding hydrogens is 700 g/mol. The fraction of sp³-hybridized carbons (Fsp3) is 0.0833. The van der Waals surface area contributed by atoms with Gasteiger partial charge in [0.15, 0.2) is 0 Å². The zero-order chi connectivity index (χ0) is 28.1. The second kappa shape index (κ2) is 10.6. The molecule has 0 saturated carbocycles. The van der Waals surface area contributed by atoms with Crippen LogP contribution in [-0.2, 0) is 26.5 Å². The fourth-order valence-corrected chi connectivity index (χ4v) is 5.83. The molecular formula is C36H25N4OPt-. The Balaban J connectivity index is 0.00000316. The molecule has 4 aromatic carbocycles. The largest absolute Gasteiger partial charge is 0.506 e. The maximum atomic E-state index is 10.5. The smallest absolute Gasteiger partial charge is 0.140 e. The van der Waals surface area contributed by atoms with Gasteiger partial charge in [-0.15, -0.1) is 23.8 Å². The molecule has 0 atom stereocenters.